The minimum Gasteiger partial charge on any atom is -0.319 e. The molecule has 134 valence electrons. The number of hydrogen-bond acceptors (Lipinski definition) is 3. The number of amides is 1. The zero-order valence-electron chi connectivity index (χ0n) is 14.1. The van der Waals surface area contributed by atoms with Crippen molar-refractivity contribution >= 4 is 40.9 Å². The van der Waals surface area contributed by atoms with Gasteiger partial charge in [0.05, 0.1) is 28.5 Å². The molecule has 0 radical (unpaired) electrons. The van der Waals surface area contributed by atoms with E-state index in [9.17, 15) is 10.1 Å². The van der Waals surface area contributed by atoms with E-state index in [0.29, 0.717) is 22.2 Å². The monoisotopic (exact) mass is 396 g/mol. The molecule has 1 heterocycles. The molecule has 0 aliphatic carbocycles. The first-order valence-corrected chi connectivity index (χ1v) is 8.76. The molecular weight excluding hydrogens is 383 g/mol. The second kappa shape index (κ2) is 8.54. The summed E-state index contributed by atoms with van der Waals surface area (Å²) in [5.41, 5.74) is 1.93. The summed E-state index contributed by atoms with van der Waals surface area (Å²) in [6.07, 6.45) is 4.82. The van der Waals surface area contributed by atoms with Crippen LogP contribution < -0.4 is 5.32 Å². The Hall–Kier alpha value is -3.07. The average Bonchev–Trinajstić information content (AvgIpc) is 3.10. The molecule has 0 spiro atoms. The first-order valence-electron chi connectivity index (χ1n) is 8.00. The second-order valence-corrected chi connectivity index (χ2v) is 6.49. The quantitative estimate of drug-likeness (QED) is 0.497. The van der Waals surface area contributed by atoms with Crippen molar-refractivity contribution < 1.29 is 4.79 Å². The largest absolute Gasteiger partial charge is 0.319 e. The fourth-order valence-electron chi connectivity index (χ4n) is 2.42. The van der Waals surface area contributed by atoms with Gasteiger partial charge in [-0.1, -0.05) is 59.6 Å². The van der Waals surface area contributed by atoms with Crippen molar-refractivity contribution in [2.45, 2.75) is 6.54 Å². The van der Waals surface area contributed by atoms with Crippen LogP contribution in [0.3, 0.4) is 0 Å². The summed E-state index contributed by atoms with van der Waals surface area (Å²) in [6, 6.07) is 16.6. The summed E-state index contributed by atoms with van der Waals surface area (Å²) in [5, 5.41) is 16.8. The molecule has 7 heteroatoms. The summed E-state index contributed by atoms with van der Waals surface area (Å²) in [7, 11) is 0. The Bertz CT molecular complexity index is 1020. The first kappa shape index (κ1) is 18.7. The zero-order valence-corrected chi connectivity index (χ0v) is 15.6. The Labute approximate surface area is 166 Å². The standard InChI is InChI=1S/C20H14Cl2N4O/c21-17-7-4-8-18(22)19(17)25-20(27)16(10-23)9-15-11-24-26(13-15)12-14-5-2-1-3-6-14/h1-9,11,13H,12H2,(H,25,27)/b16-9+. The highest BCUT2D eigenvalue weighted by Crippen LogP contribution is 2.30. The number of aromatic nitrogens is 2. The van der Waals surface area contributed by atoms with Gasteiger partial charge >= 0.3 is 0 Å². The number of carbonyl (C=O) groups is 1. The van der Waals surface area contributed by atoms with Crippen LogP contribution in [-0.4, -0.2) is 15.7 Å². The van der Waals surface area contributed by atoms with Crippen LogP contribution in [0.2, 0.25) is 10.0 Å². The molecule has 0 bridgehead atoms. The first-order chi connectivity index (χ1) is 13.1. The van der Waals surface area contributed by atoms with Gasteiger partial charge in [0, 0.05) is 11.8 Å². The molecule has 2 aromatic carbocycles. The topological polar surface area (TPSA) is 70.7 Å². The Morgan fingerprint density at radius 1 is 1.15 bits per heavy atom. The van der Waals surface area contributed by atoms with Crippen LogP contribution in [0.5, 0.6) is 0 Å². The van der Waals surface area contributed by atoms with Crippen molar-refractivity contribution in [1.82, 2.24) is 9.78 Å². The Balaban J connectivity index is 1.76. The predicted octanol–water partition coefficient (Wildman–Crippen LogP) is 4.78. The van der Waals surface area contributed by atoms with Gasteiger partial charge in [-0.25, -0.2) is 0 Å². The van der Waals surface area contributed by atoms with Crippen molar-refractivity contribution in [2.24, 2.45) is 0 Å². The molecule has 0 atom stereocenters. The minimum absolute atomic E-state index is 0.0785. The molecule has 27 heavy (non-hydrogen) atoms. The lowest BCUT2D eigenvalue weighted by Crippen LogP contribution is -2.14. The third kappa shape index (κ3) is 4.76. The van der Waals surface area contributed by atoms with Gasteiger partial charge in [0.1, 0.15) is 11.6 Å². The van der Waals surface area contributed by atoms with Crippen LogP contribution >= 0.6 is 23.2 Å². The highest BCUT2D eigenvalue weighted by atomic mass is 35.5. The fraction of sp³-hybridized carbons (Fsp3) is 0.0500. The van der Waals surface area contributed by atoms with Crippen molar-refractivity contribution in [2.75, 3.05) is 5.32 Å². The zero-order chi connectivity index (χ0) is 19.2. The molecule has 1 N–H and O–H groups in total. The summed E-state index contributed by atoms with van der Waals surface area (Å²) < 4.78 is 1.74. The SMILES string of the molecule is N#C/C(=C\c1cnn(Cc2ccccc2)c1)C(=O)Nc1c(Cl)cccc1Cl. The summed E-state index contributed by atoms with van der Waals surface area (Å²) in [6.45, 7) is 0.595. The number of nitrogens with zero attached hydrogens (tertiary/aromatic N) is 3. The number of benzene rings is 2. The highest BCUT2D eigenvalue weighted by molar-refractivity contribution is 6.40. The van der Waals surface area contributed by atoms with E-state index in [1.54, 1.807) is 35.3 Å². The van der Waals surface area contributed by atoms with E-state index < -0.39 is 5.91 Å². The van der Waals surface area contributed by atoms with Crippen LogP contribution in [-0.2, 0) is 11.3 Å². The maximum Gasteiger partial charge on any atom is 0.266 e. The molecule has 0 unspecified atom stereocenters. The number of carbonyl (C=O) groups excluding carboxylic acids is 1. The number of hydrogen-bond donors (Lipinski definition) is 1. The smallest absolute Gasteiger partial charge is 0.266 e. The number of rotatable bonds is 5. The van der Waals surface area contributed by atoms with Gasteiger partial charge in [-0.05, 0) is 23.8 Å². The van der Waals surface area contributed by atoms with Gasteiger partial charge in [-0.3, -0.25) is 9.48 Å². The minimum atomic E-state index is -0.594. The molecule has 5 nitrogen and oxygen atoms in total. The lowest BCUT2D eigenvalue weighted by atomic mass is 10.2. The van der Waals surface area contributed by atoms with E-state index in [1.807, 2.05) is 36.4 Å². The molecule has 0 saturated heterocycles. The van der Waals surface area contributed by atoms with Crippen LogP contribution in [0.25, 0.3) is 6.08 Å². The van der Waals surface area contributed by atoms with Crippen LogP contribution in [0.1, 0.15) is 11.1 Å². The fourth-order valence-corrected chi connectivity index (χ4v) is 2.92. The molecule has 0 aliphatic heterocycles. The van der Waals surface area contributed by atoms with Crippen LogP contribution in [0, 0.1) is 11.3 Å². The number of nitrogens with one attached hydrogen (secondary N) is 1. The van der Waals surface area contributed by atoms with Crippen molar-refractivity contribution in [3.63, 3.8) is 0 Å². The number of anilines is 1. The van der Waals surface area contributed by atoms with Gasteiger partial charge in [-0.2, -0.15) is 10.4 Å². The molecule has 1 aromatic heterocycles. The van der Waals surface area contributed by atoms with E-state index in [4.69, 9.17) is 23.2 Å². The predicted molar refractivity (Wildman–Crippen MR) is 106 cm³/mol. The third-order valence-corrected chi connectivity index (χ3v) is 4.35. The Morgan fingerprint density at radius 3 is 2.52 bits per heavy atom. The third-order valence-electron chi connectivity index (χ3n) is 3.72. The molecule has 1 amide bonds. The number of halogens is 2. The van der Waals surface area contributed by atoms with Crippen molar-refractivity contribution in [3.05, 3.63) is 87.7 Å². The second-order valence-electron chi connectivity index (χ2n) is 5.68. The molecule has 0 fully saturated rings. The maximum atomic E-state index is 12.4. The number of para-hydroxylation sites is 1. The molecule has 3 rings (SSSR count). The molecule has 0 aliphatic rings. The van der Waals surface area contributed by atoms with Gasteiger partial charge in [0.15, 0.2) is 0 Å². The van der Waals surface area contributed by atoms with E-state index in [-0.39, 0.29) is 11.3 Å². The normalized spacial score (nSPS) is 11.1. The van der Waals surface area contributed by atoms with Crippen LogP contribution in [0.15, 0.2) is 66.5 Å². The van der Waals surface area contributed by atoms with Gasteiger partial charge in [0.25, 0.3) is 5.91 Å². The van der Waals surface area contributed by atoms with E-state index in [2.05, 4.69) is 10.4 Å². The molecular formula is C20H14Cl2N4O. The van der Waals surface area contributed by atoms with E-state index >= 15 is 0 Å². The molecule has 0 saturated carbocycles. The maximum absolute atomic E-state index is 12.4. The van der Waals surface area contributed by atoms with Gasteiger partial charge in [-0.15, -0.1) is 0 Å². The van der Waals surface area contributed by atoms with Crippen molar-refractivity contribution in [3.8, 4) is 6.07 Å². The molecule has 3 aromatic rings. The Morgan fingerprint density at radius 2 is 1.85 bits per heavy atom. The Kier molecular flexibility index (Phi) is 5.92. The van der Waals surface area contributed by atoms with E-state index in [0.717, 1.165) is 5.56 Å². The van der Waals surface area contributed by atoms with E-state index in [1.165, 1.54) is 6.08 Å². The lowest BCUT2D eigenvalue weighted by molar-refractivity contribution is -0.112. The average molecular weight is 397 g/mol. The van der Waals surface area contributed by atoms with Gasteiger partial charge in [0.2, 0.25) is 0 Å². The lowest BCUT2D eigenvalue weighted by Gasteiger charge is -2.08. The van der Waals surface area contributed by atoms with Crippen molar-refractivity contribution in [1.29, 1.82) is 5.26 Å². The summed E-state index contributed by atoms with van der Waals surface area (Å²) in [5.74, 6) is -0.594. The summed E-state index contributed by atoms with van der Waals surface area (Å²) in [4.78, 5) is 12.4. The highest BCUT2D eigenvalue weighted by Gasteiger charge is 2.14. The van der Waals surface area contributed by atoms with Crippen LogP contribution in [0.4, 0.5) is 5.69 Å². The summed E-state index contributed by atoms with van der Waals surface area (Å²) >= 11 is 12.1. The number of nitriles is 1. The van der Waals surface area contributed by atoms with Gasteiger partial charge < -0.3 is 5.32 Å².